The second kappa shape index (κ2) is 19.1. The summed E-state index contributed by atoms with van der Waals surface area (Å²) in [5.41, 5.74) is 3.01. The molecule has 0 radical (unpaired) electrons. The molecular formula is C36H63NOS. The zero-order chi connectivity index (χ0) is 29.4. The molecule has 0 saturated heterocycles. The van der Waals surface area contributed by atoms with Crippen LogP contribution in [0.4, 0.5) is 0 Å². The molecule has 3 heteroatoms. The molecule has 2 nitrogen and oxygen atoms in total. The third-order valence-electron chi connectivity index (χ3n) is 10.4. The van der Waals surface area contributed by atoms with E-state index in [0.29, 0.717) is 16.7 Å². The smallest absolute Gasteiger partial charge is 0.152 e. The van der Waals surface area contributed by atoms with Crippen LogP contribution in [0.3, 0.4) is 0 Å². The van der Waals surface area contributed by atoms with E-state index in [-0.39, 0.29) is 0 Å². The van der Waals surface area contributed by atoms with Gasteiger partial charge < -0.3 is 0 Å². The van der Waals surface area contributed by atoms with Crippen molar-refractivity contribution in [3.63, 3.8) is 0 Å². The van der Waals surface area contributed by atoms with Crippen molar-refractivity contribution in [2.24, 2.45) is 45.9 Å². The monoisotopic (exact) mass is 557 g/mol. The number of hydrogen-bond donors (Lipinski definition) is 1. The summed E-state index contributed by atoms with van der Waals surface area (Å²) in [5.74, 6) is 6.12. The highest BCUT2D eigenvalue weighted by molar-refractivity contribution is 7.79. The van der Waals surface area contributed by atoms with Gasteiger partial charge in [-0.3, -0.25) is 9.79 Å². The van der Waals surface area contributed by atoms with Gasteiger partial charge in [-0.2, -0.15) is 12.6 Å². The van der Waals surface area contributed by atoms with Crippen molar-refractivity contribution in [1.82, 2.24) is 0 Å². The van der Waals surface area contributed by atoms with Crippen LogP contribution in [0.5, 0.6) is 0 Å². The largest absolute Gasteiger partial charge is 0.298 e. The topological polar surface area (TPSA) is 29.4 Å². The van der Waals surface area contributed by atoms with Gasteiger partial charge in [0.05, 0.1) is 5.70 Å². The molecule has 224 valence electrons. The maximum absolute atomic E-state index is 11.4. The molecule has 0 aromatic rings. The van der Waals surface area contributed by atoms with Gasteiger partial charge in [0.25, 0.3) is 0 Å². The molecule has 0 aromatic carbocycles. The average molecular weight is 558 g/mol. The molecule has 7 atom stereocenters. The van der Waals surface area contributed by atoms with Crippen LogP contribution in [-0.4, -0.2) is 18.3 Å². The number of carbonyl (C=O) groups excluding carboxylic acids is 1. The number of carbonyl (C=O) groups is 1. The van der Waals surface area contributed by atoms with Crippen molar-refractivity contribution in [3.05, 3.63) is 36.1 Å². The fourth-order valence-corrected chi connectivity index (χ4v) is 8.87. The summed E-state index contributed by atoms with van der Waals surface area (Å²) < 4.78 is 0. The Morgan fingerprint density at radius 1 is 0.949 bits per heavy atom. The first-order valence-corrected chi connectivity index (χ1v) is 17.3. The second-order valence-electron chi connectivity index (χ2n) is 11.9. The fraction of sp³-hybridized carbons (Fsp3) is 0.778. The van der Waals surface area contributed by atoms with Crippen molar-refractivity contribution in [1.29, 1.82) is 0 Å². The van der Waals surface area contributed by atoms with E-state index in [0.717, 1.165) is 53.9 Å². The van der Waals surface area contributed by atoms with Gasteiger partial charge in [-0.1, -0.05) is 72.6 Å². The summed E-state index contributed by atoms with van der Waals surface area (Å²) >= 11 is 3.53. The lowest BCUT2D eigenvalue weighted by Crippen LogP contribution is -2.48. The van der Waals surface area contributed by atoms with Crippen LogP contribution in [0, 0.1) is 40.9 Å². The SMILES string of the molecule is C=C/C(N=C(C)CCCC1CCC2C3CCC4CCCCC4C3CCC12C)=C(C=O)\C=C/C.CC.CC.CS. The van der Waals surface area contributed by atoms with Gasteiger partial charge in [0.1, 0.15) is 0 Å². The van der Waals surface area contributed by atoms with Crippen LogP contribution in [0.1, 0.15) is 132 Å². The number of nitrogens with zero attached hydrogens (tertiary/aromatic N) is 1. The van der Waals surface area contributed by atoms with Gasteiger partial charge in [0.15, 0.2) is 6.29 Å². The van der Waals surface area contributed by atoms with Crippen molar-refractivity contribution in [2.45, 2.75) is 132 Å². The Bertz CT molecular complexity index is 811. The minimum Gasteiger partial charge on any atom is -0.298 e. The van der Waals surface area contributed by atoms with Crippen molar-refractivity contribution >= 4 is 24.6 Å². The van der Waals surface area contributed by atoms with E-state index in [1.165, 1.54) is 77.0 Å². The number of allylic oxidation sites excluding steroid dienone is 4. The molecule has 0 aliphatic heterocycles. The number of thiol groups is 1. The van der Waals surface area contributed by atoms with E-state index in [9.17, 15) is 4.79 Å². The normalized spacial score (nSPS) is 33.8. The first-order chi connectivity index (χ1) is 19.0. The quantitative estimate of drug-likeness (QED) is 0.104. The highest BCUT2D eigenvalue weighted by Crippen LogP contribution is 2.64. The Morgan fingerprint density at radius 3 is 2.28 bits per heavy atom. The van der Waals surface area contributed by atoms with Gasteiger partial charge in [0.2, 0.25) is 0 Å². The van der Waals surface area contributed by atoms with Crippen molar-refractivity contribution in [3.8, 4) is 0 Å². The van der Waals surface area contributed by atoms with Crippen molar-refractivity contribution in [2.75, 3.05) is 6.26 Å². The van der Waals surface area contributed by atoms with Gasteiger partial charge in [-0.05, 0) is 131 Å². The number of aliphatic imine (C=N–C) groups is 1. The number of rotatable bonds is 8. The van der Waals surface area contributed by atoms with E-state index in [1.807, 2.05) is 46.8 Å². The lowest BCUT2D eigenvalue weighted by molar-refractivity contribution is -0.104. The summed E-state index contributed by atoms with van der Waals surface area (Å²) in [6.07, 6.45) is 26.6. The molecule has 4 fully saturated rings. The molecule has 0 aromatic heterocycles. The number of hydrogen-bond acceptors (Lipinski definition) is 3. The minimum atomic E-state index is 0.580. The summed E-state index contributed by atoms with van der Waals surface area (Å²) in [6, 6.07) is 0. The van der Waals surface area contributed by atoms with E-state index in [2.05, 4.69) is 33.1 Å². The fourth-order valence-electron chi connectivity index (χ4n) is 8.87. The van der Waals surface area contributed by atoms with Crippen LogP contribution in [0.15, 0.2) is 41.1 Å². The molecule has 0 heterocycles. The van der Waals surface area contributed by atoms with E-state index in [1.54, 1.807) is 12.3 Å². The molecule has 0 N–H and O–H groups in total. The minimum absolute atomic E-state index is 0.580. The zero-order valence-electron chi connectivity index (χ0n) is 27.0. The van der Waals surface area contributed by atoms with Gasteiger partial charge in [-0.25, -0.2) is 0 Å². The molecule has 39 heavy (non-hydrogen) atoms. The summed E-state index contributed by atoms with van der Waals surface area (Å²) in [5, 5.41) is 0. The lowest BCUT2D eigenvalue weighted by atomic mass is 9.49. The van der Waals surface area contributed by atoms with E-state index < -0.39 is 0 Å². The molecule has 0 spiro atoms. The second-order valence-corrected chi connectivity index (χ2v) is 11.9. The molecule has 4 saturated carbocycles. The van der Waals surface area contributed by atoms with E-state index >= 15 is 0 Å². The Kier molecular flexibility index (Phi) is 17.6. The summed E-state index contributed by atoms with van der Waals surface area (Å²) in [6.45, 7) is 18.6. The predicted molar refractivity (Wildman–Crippen MR) is 178 cm³/mol. The van der Waals surface area contributed by atoms with Crippen LogP contribution >= 0.6 is 12.6 Å². The molecular weight excluding hydrogens is 494 g/mol. The third-order valence-corrected chi connectivity index (χ3v) is 10.4. The summed E-state index contributed by atoms with van der Waals surface area (Å²) in [4.78, 5) is 16.1. The molecule has 4 rings (SSSR count). The average Bonchev–Trinajstić information content (AvgIpc) is 3.34. The zero-order valence-corrected chi connectivity index (χ0v) is 27.9. The van der Waals surface area contributed by atoms with Gasteiger partial charge >= 0.3 is 0 Å². The predicted octanol–water partition coefficient (Wildman–Crippen LogP) is 11.1. The summed E-state index contributed by atoms with van der Waals surface area (Å²) in [7, 11) is 0. The molecule has 4 aliphatic rings. The standard InChI is InChI=1S/C31H47NO.2C2H6.CH4S/c1-5-10-24(21-33)30(6-2)32-22(3)11-9-13-25-16-18-29-28-17-15-23-12-7-8-14-26(23)27(28)19-20-31(25,29)4;3*1-2/h5-6,10,21,23,25-29H,2,7-9,11-20H2,1,3-4H3;2*1-2H3;2H,1H3/b10-5-,30-24-,32-22?;;;. The number of aldehydes is 1. The van der Waals surface area contributed by atoms with Crippen LogP contribution in [0.2, 0.25) is 0 Å². The number of fused-ring (bicyclic) bond motifs is 5. The maximum atomic E-state index is 11.4. The molecule has 4 aliphatic carbocycles. The van der Waals surface area contributed by atoms with Crippen LogP contribution in [0.25, 0.3) is 0 Å². The highest BCUT2D eigenvalue weighted by Gasteiger charge is 2.56. The highest BCUT2D eigenvalue weighted by atomic mass is 32.1. The van der Waals surface area contributed by atoms with Crippen LogP contribution in [-0.2, 0) is 4.79 Å². The van der Waals surface area contributed by atoms with Gasteiger partial charge in [-0.15, -0.1) is 0 Å². The first-order valence-electron chi connectivity index (χ1n) is 16.4. The third kappa shape index (κ3) is 8.95. The Hall–Kier alpha value is -1.09. The Morgan fingerprint density at radius 2 is 1.64 bits per heavy atom. The molecule has 0 bridgehead atoms. The molecule has 0 amide bonds. The maximum Gasteiger partial charge on any atom is 0.152 e. The van der Waals surface area contributed by atoms with Crippen molar-refractivity contribution < 1.29 is 4.79 Å². The molecule has 7 unspecified atom stereocenters. The lowest BCUT2D eigenvalue weighted by Gasteiger charge is -2.56. The van der Waals surface area contributed by atoms with Crippen LogP contribution < -0.4 is 0 Å². The van der Waals surface area contributed by atoms with E-state index in [4.69, 9.17) is 4.99 Å². The first kappa shape index (κ1) is 35.9. The Balaban J connectivity index is 0.00000119. The van der Waals surface area contributed by atoms with Gasteiger partial charge in [0, 0.05) is 11.3 Å². The Labute approximate surface area is 249 Å².